The normalized spacial score (nSPS) is 16.9. The summed E-state index contributed by atoms with van der Waals surface area (Å²) < 4.78 is 2.03. The zero-order valence-corrected chi connectivity index (χ0v) is 18.2. The largest absolute Gasteiger partial charge is 0.342 e. The summed E-state index contributed by atoms with van der Waals surface area (Å²) >= 11 is 0. The van der Waals surface area contributed by atoms with E-state index in [0.717, 1.165) is 61.2 Å². The molecule has 1 saturated heterocycles. The number of rotatable bonds is 5. The first-order chi connectivity index (χ1) is 15.8. The van der Waals surface area contributed by atoms with Crippen molar-refractivity contribution in [2.75, 3.05) is 13.1 Å². The highest BCUT2D eigenvalue weighted by atomic mass is 16.2. The van der Waals surface area contributed by atoms with Crippen molar-refractivity contribution in [2.24, 2.45) is 5.92 Å². The number of amides is 1. The standard InChI is InChI=1S/C27H28N4O/c32-27(26(22-9-3-1-4-10-22)23-11-5-2-6-12-23)30-15-7-8-21(13-16-30)18-24-20-31-17-14-28-25(31)19-29-24/h1-6,9-12,14,17,19-21,26H,7-8,13,15-16,18H2/t21-/m1/s1. The summed E-state index contributed by atoms with van der Waals surface area (Å²) in [7, 11) is 0. The molecule has 0 bridgehead atoms. The van der Waals surface area contributed by atoms with E-state index < -0.39 is 0 Å². The average molecular weight is 425 g/mol. The quantitative estimate of drug-likeness (QED) is 0.465. The maximum absolute atomic E-state index is 13.7. The van der Waals surface area contributed by atoms with E-state index in [9.17, 15) is 4.79 Å². The van der Waals surface area contributed by atoms with Crippen molar-refractivity contribution in [3.63, 3.8) is 0 Å². The van der Waals surface area contributed by atoms with Gasteiger partial charge in [0, 0.05) is 31.7 Å². The number of nitrogens with zero attached hydrogens (tertiary/aromatic N) is 4. The third kappa shape index (κ3) is 4.42. The van der Waals surface area contributed by atoms with Gasteiger partial charge in [0.2, 0.25) is 5.91 Å². The van der Waals surface area contributed by atoms with E-state index in [1.54, 1.807) is 6.20 Å². The second-order valence-corrected chi connectivity index (χ2v) is 8.65. The summed E-state index contributed by atoms with van der Waals surface area (Å²) in [6, 6.07) is 20.3. The molecule has 32 heavy (non-hydrogen) atoms. The highest BCUT2D eigenvalue weighted by Gasteiger charge is 2.29. The van der Waals surface area contributed by atoms with E-state index in [0.29, 0.717) is 5.92 Å². The molecular weight excluding hydrogens is 396 g/mol. The summed E-state index contributed by atoms with van der Waals surface area (Å²) in [4.78, 5) is 24.7. The Morgan fingerprint density at radius 3 is 2.38 bits per heavy atom. The van der Waals surface area contributed by atoms with Crippen LogP contribution in [0.4, 0.5) is 0 Å². The van der Waals surface area contributed by atoms with Gasteiger partial charge in [0.15, 0.2) is 5.65 Å². The van der Waals surface area contributed by atoms with Gasteiger partial charge in [-0.1, -0.05) is 60.7 Å². The zero-order chi connectivity index (χ0) is 21.8. The van der Waals surface area contributed by atoms with Gasteiger partial charge in [-0.05, 0) is 42.7 Å². The van der Waals surface area contributed by atoms with Crippen molar-refractivity contribution in [3.05, 3.63) is 102 Å². The molecule has 0 saturated carbocycles. The van der Waals surface area contributed by atoms with Crippen LogP contribution in [0, 0.1) is 5.92 Å². The van der Waals surface area contributed by atoms with Gasteiger partial charge in [0.25, 0.3) is 0 Å². The lowest BCUT2D eigenvalue weighted by atomic mass is 9.90. The number of aromatic nitrogens is 3. The number of hydrogen-bond acceptors (Lipinski definition) is 3. The monoisotopic (exact) mass is 424 g/mol. The van der Waals surface area contributed by atoms with Crippen LogP contribution in [0.25, 0.3) is 5.65 Å². The molecule has 0 spiro atoms. The minimum Gasteiger partial charge on any atom is -0.342 e. The van der Waals surface area contributed by atoms with Crippen LogP contribution in [0.15, 0.2) is 85.5 Å². The molecule has 1 aliphatic heterocycles. The molecule has 162 valence electrons. The molecule has 0 unspecified atom stereocenters. The van der Waals surface area contributed by atoms with Crippen molar-refractivity contribution >= 4 is 11.6 Å². The lowest BCUT2D eigenvalue weighted by Crippen LogP contribution is -2.36. The molecule has 1 fully saturated rings. The molecule has 0 radical (unpaired) electrons. The van der Waals surface area contributed by atoms with Crippen LogP contribution in [0.3, 0.4) is 0 Å². The highest BCUT2D eigenvalue weighted by molar-refractivity contribution is 5.87. The van der Waals surface area contributed by atoms with Crippen molar-refractivity contribution in [1.29, 1.82) is 0 Å². The smallest absolute Gasteiger partial charge is 0.234 e. The fourth-order valence-electron chi connectivity index (χ4n) is 4.81. The van der Waals surface area contributed by atoms with Gasteiger partial charge < -0.3 is 9.30 Å². The molecule has 1 atom stereocenters. The number of benzene rings is 2. The Labute approximate surface area is 188 Å². The molecule has 5 nitrogen and oxygen atoms in total. The van der Waals surface area contributed by atoms with Crippen molar-refractivity contribution in [2.45, 2.75) is 31.6 Å². The van der Waals surface area contributed by atoms with Gasteiger partial charge in [0.1, 0.15) is 0 Å². The molecule has 1 aliphatic rings. The molecular formula is C27H28N4O. The Kier molecular flexibility index (Phi) is 5.97. The van der Waals surface area contributed by atoms with E-state index in [1.165, 1.54) is 0 Å². The number of likely N-dealkylation sites (tertiary alicyclic amines) is 1. The van der Waals surface area contributed by atoms with Crippen LogP contribution in [0.1, 0.15) is 42.0 Å². The van der Waals surface area contributed by atoms with Crippen LogP contribution in [0.5, 0.6) is 0 Å². The maximum atomic E-state index is 13.7. The van der Waals surface area contributed by atoms with Gasteiger partial charge in [-0.3, -0.25) is 9.78 Å². The third-order valence-electron chi connectivity index (χ3n) is 6.50. The summed E-state index contributed by atoms with van der Waals surface area (Å²) in [5.74, 6) is 0.494. The second kappa shape index (κ2) is 9.35. The third-order valence-corrected chi connectivity index (χ3v) is 6.50. The van der Waals surface area contributed by atoms with Crippen molar-refractivity contribution in [3.8, 4) is 0 Å². The Hall–Kier alpha value is -3.47. The van der Waals surface area contributed by atoms with Crippen molar-refractivity contribution in [1.82, 2.24) is 19.3 Å². The number of carbonyl (C=O) groups excluding carboxylic acids is 1. The summed E-state index contributed by atoms with van der Waals surface area (Å²) in [6.07, 6.45) is 11.8. The predicted octanol–water partition coefficient (Wildman–Crippen LogP) is 4.73. The number of imidazole rings is 1. The van der Waals surface area contributed by atoms with Crippen LogP contribution in [-0.4, -0.2) is 38.3 Å². The second-order valence-electron chi connectivity index (χ2n) is 8.65. The molecule has 2 aromatic heterocycles. The average Bonchev–Trinajstić information content (AvgIpc) is 3.18. The van der Waals surface area contributed by atoms with E-state index in [4.69, 9.17) is 0 Å². The van der Waals surface area contributed by atoms with Gasteiger partial charge in [-0.15, -0.1) is 0 Å². The highest BCUT2D eigenvalue weighted by Crippen LogP contribution is 2.29. The fraction of sp³-hybridized carbons (Fsp3) is 0.296. The van der Waals surface area contributed by atoms with Gasteiger partial charge in [-0.25, -0.2) is 4.98 Å². The maximum Gasteiger partial charge on any atom is 0.234 e. The van der Waals surface area contributed by atoms with E-state index in [2.05, 4.69) is 45.3 Å². The number of hydrogen-bond donors (Lipinski definition) is 0. The van der Waals surface area contributed by atoms with Gasteiger partial charge in [-0.2, -0.15) is 0 Å². The Morgan fingerprint density at radius 2 is 1.66 bits per heavy atom. The van der Waals surface area contributed by atoms with Crippen LogP contribution in [0.2, 0.25) is 0 Å². The summed E-state index contributed by atoms with van der Waals surface area (Å²) in [6.45, 7) is 1.62. The Balaban J connectivity index is 1.30. The van der Waals surface area contributed by atoms with Crippen LogP contribution in [-0.2, 0) is 11.2 Å². The number of carbonyl (C=O) groups is 1. The lowest BCUT2D eigenvalue weighted by Gasteiger charge is -2.27. The van der Waals surface area contributed by atoms with E-state index in [-0.39, 0.29) is 11.8 Å². The lowest BCUT2D eigenvalue weighted by molar-refractivity contribution is -0.131. The van der Waals surface area contributed by atoms with Gasteiger partial charge in [0.05, 0.1) is 17.8 Å². The SMILES string of the molecule is O=C(C(c1ccccc1)c1ccccc1)N1CCC[C@@H](Cc2cn3ccnc3cn2)CC1. The minimum atomic E-state index is -0.251. The van der Waals surface area contributed by atoms with E-state index >= 15 is 0 Å². The zero-order valence-electron chi connectivity index (χ0n) is 18.2. The summed E-state index contributed by atoms with van der Waals surface area (Å²) in [5.41, 5.74) is 4.08. The summed E-state index contributed by atoms with van der Waals surface area (Å²) in [5, 5.41) is 0. The molecule has 3 heterocycles. The topological polar surface area (TPSA) is 50.5 Å². The van der Waals surface area contributed by atoms with Gasteiger partial charge >= 0.3 is 0 Å². The molecule has 0 N–H and O–H groups in total. The molecule has 0 aliphatic carbocycles. The Morgan fingerprint density at radius 1 is 0.938 bits per heavy atom. The first-order valence-electron chi connectivity index (χ1n) is 11.4. The van der Waals surface area contributed by atoms with Crippen LogP contribution >= 0.6 is 0 Å². The minimum absolute atomic E-state index is 0.209. The Bertz CT molecular complexity index is 1130. The van der Waals surface area contributed by atoms with Crippen LogP contribution < -0.4 is 0 Å². The fourth-order valence-corrected chi connectivity index (χ4v) is 4.81. The molecule has 5 rings (SSSR count). The molecule has 2 aromatic carbocycles. The first kappa shape index (κ1) is 20.4. The predicted molar refractivity (Wildman–Crippen MR) is 125 cm³/mol. The van der Waals surface area contributed by atoms with Crippen molar-refractivity contribution < 1.29 is 4.79 Å². The number of fused-ring (bicyclic) bond motifs is 1. The molecule has 4 aromatic rings. The molecule has 1 amide bonds. The first-order valence-corrected chi connectivity index (χ1v) is 11.4. The van der Waals surface area contributed by atoms with E-state index in [1.807, 2.05) is 53.2 Å². The molecule has 5 heteroatoms.